The predicted octanol–water partition coefficient (Wildman–Crippen LogP) is 1.06. The quantitative estimate of drug-likeness (QED) is 0.856. The fourth-order valence-corrected chi connectivity index (χ4v) is 2.89. The lowest BCUT2D eigenvalue weighted by Gasteiger charge is -2.16. The van der Waals surface area contributed by atoms with Gasteiger partial charge in [0.15, 0.2) is 0 Å². The van der Waals surface area contributed by atoms with Crippen LogP contribution in [0.3, 0.4) is 0 Å². The van der Waals surface area contributed by atoms with E-state index in [0.29, 0.717) is 16.8 Å². The van der Waals surface area contributed by atoms with Crippen LogP contribution in [-0.4, -0.2) is 20.1 Å². The van der Waals surface area contributed by atoms with Gasteiger partial charge in [-0.25, -0.2) is 13.6 Å². The number of sulfonamides is 1. The molecule has 0 spiro atoms. The van der Waals surface area contributed by atoms with Crippen LogP contribution in [0.5, 0.6) is 0 Å². The Bertz CT molecular complexity index is 873. The molecule has 22 heavy (non-hydrogen) atoms. The van der Waals surface area contributed by atoms with Crippen LogP contribution in [0.1, 0.15) is 15.9 Å². The Morgan fingerprint density at radius 1 is 0.955 bits per heavy atom. The molecule has 2 N–H and O–H groups in total. The molecule has 6 nitrogen and oxygen atoms in total. The minimum atomic E-state index is -3.75. The number of hydrogen-bond acceptors (Lipinski definition) is 4. The standard InChI is InChI=1S/C15H12N2O4S/c16-22(20,21)11-7-5-10(6-8-11)9-17-13-4-2-1-3-12(13)14(18)15(17)19/h1-8H,9H2,(H2,16,20,21). The molecule has 0 bridgehead atoms. The zero-order chi connectivity index (χ0) is 15.9. The smallest absolute Gasteiger partial charge is 0.299 e. The number of fused-ring (bicyclic) bond motifs is 1. The van der Waals surface area contributed by atoms with Gasteiger partial charge in [0.05, 0.1) is 22.7 Å². The molecule has 2 aromatic rings. The van der Waals surface area contributed by atoms with E-state index in [2.05, 4.69) is 0 Å². The second-order valence-corrected chi connectivity index (χ2v) is 6.49. The molecule has 0 radical (unpaired) electrons. The minimum Gasteiger partial charge on any atom is -0.300 e. The minimum absolute atomic E-state index is 0.000440. The first-order chi connectivity index (χ1) is 10.4. The van der Waals surface area contributed by atoms with Gasteiger partial charge in [0.1, 0.15) is 0 Å². The van der Waals surface area contributed by atoms with Crippen LogP contribution in [0.15, 0.2) is 53.4 Å². The molecule has 0 unspecified atom stereocenters. The average molecular weight is 316 g/mol. The summed E-state index contributed by atoms with van der Waals surface area (Å²) in [6.07, 6.45) is 0. The molecule has 1 amide bonds. The zero-order valence-corrected chi connectivity index (χ0v) is 12.2. The van der Waals surface area contributed by atoms with E-state index in [1.54, 1.807) is 36.4 Å². The van der Waals surface area contributed by atoms with Gasteiger partial charge in [-0.05, 0) is 29.8 Å². The first-order valence-electron chi connectivity index (χ1n) is 6.45. The maximum atomic E-state index is 12.1. The molecule has 1 heterocycles. The molecule has 2 aromatic carbocycles. The number of benzene rings is 2. The Kier molecular flexibility index (Phi) is 3.31. The van der Waals surface area contributed by atoms with Gasteiger partial charge < -0.3 is 4.90 Å². The summed E-state index contributed by atoms with van der Waals surface area (Å²) in [5.41, 5.74) is 1.65. The highest BCUT2D eigenvalue weighted by Gasteiger charge is 2.35. The number of para-hydroxylation sites is 1. The van der Waals surface area contributed by atoms with E-state index in [1.165, 1.54) is 17.0 Å². The van der Waals surface area contributed by atoms with E-state index < -0.39 is 21.7 Å². The highest BCUT2D eigenvalue weighted by molar-refractivity contribution is 7.89. The van der Waals surface area contributed by atoms with Gasteiger partial charge in [-0.15, -0.1) is 0 Å². The average Bonchev–Trinajstić information content (AvgIpc) is 2.73. The van der Waals surface area contributed by atoms with Crippen molar-refractivity contribution in [1.82, 2.24) is 0 Å². The lowest BCUT2D eigenvalue weighted by molar-refractivity contribution is -0.114. The molecule has 0 fully saturated rings. The molecular weight excluding hydrogens is 304 g/mol. The van der Waals surface area contributed by atoms with Crippen molar-refractivity contribution in [3.8, 4) is 0 Å². The molecular formula is C15H12N2O4S. The van der Waals surface area contributed by atoms with Gasteiger partial charge in [-0.3, -0.25) is 9.59 Å². The number of primary sulfonamides is 1. The summed E-state index contributed by atoms with van der Waals surface area (Å²) >= 11 is 0. The molecule has 112 valence electrons. The normalized spacial score (nSPS) is 14.3. The first kappa shape index (κ1) is 14.4. The van der Waals surface area contributed by atoms with Crippen LogP contribution in [-0.2, 0) is 21.4 Å². The molecule has 1 aliphatic heterocycles. The first-order valence-corrected chi connectivity index (χ1v) is 7.99. The van der Waals surface area contributed by atoms with Crippen LogP contribution < -0.4 is 10.0 Å². The zero-order valence-electron chi connectivity index (χ0n) is 11.4. The second-order valence-electron chi connectivity index (χ2n) is 4.93. The Morgan fingerprint density at radius 2 is 1.59 bits per heavy atom. The van der Waals surface area contributed by atoms with Crippen molar-refractivity contribution in [2.45, 2.75) is 11.4 Å². The van der Waals surface area contributed by atoms with E-state index in [4.69, 9.17) is 5.14 Å². The van der Waals surface area contributed by atoms with E-state index in [0.717, 1.165) is 0 Å². The number of hydrogen-bond donors (Lipinski definition) is 1. The molecule has 7 heteroatoms. The highest BCUT2D eigenvalue weighted by Crippen LogP contribution is 2.29. The molecule has 0 saturated carbocycles. The van der Waals surface area contributed by atoms with E-state index in [-0.39, 0.29) is 11.4 Å². The van der Waals surface area contributed by atoms with Crippen LogP contribution in [0, 0.1) is 0 Å². The number of nitrogens with zero attached hydrogens (tertiary/aromatic N) is 1. The Labute approximate surface area is 127 Å². The van der Waals surface area contributed by atoms with Crippen molar-refractivity contribution in [3.05, 3.63) is 59.7 Å². The number of ketones is 1. The van der Waals surface area contributed by atoms with E-state index in [1.807, 2.05) is 0 Å². The molecule has 0 aromatic heterocycles. The fraction of sp³-hybridized carbons (Fsp3) is 0.0667. The van der Waals surface area contributed by atoms with Crippen molar-refractivity contribution >= 4 is 27.4 Å². The van der Waals surface area contributed by atoms with E-state index in [9.17, 15) is 18.0 Å². The third kappa shape index (κ3) is 2.40. The fourth-order valence-electron chi connectivity index (χ4n) is 2.37. The molecule has 0 atom stereocenters. The summed E-state index contributed by atoms with van der Waals surface area (Å²) < 4.78 is 22.4. The van der Waals surface area contributed by atoms with Crippen LogP contribution in [0.4, 0.5) is 5.69 Å². The number of anilines is 1. The molecule has 1 aliphatic rings. The van der Waals surface area contributed by atoms with Gasteiger partial charge in [0, 0.05) is 0 Å². The largest absolute Gasteiger partial charge is 0.300 e. The van der Waals surface area contributed by atoms with Crippen molar-refractivity contribution in [2.24, 2.45) is 5.14 Å². The summed E-state index contributed by atoms with van der Waals surface area (Å²) in [5, 5.41) is 5.04. The number of rotatable bonds is 3. The van der Waals surface area contributed by atoms with Crippen molar-refractivity contribution in [2.75, 3.05) is 4.90 Å². The lowest BCUT2D eigenvalue weighted by Crippen LogP contribution is -2.29. The second kappa shape index (κ2) is 5.04. The van der Waals surface area contributed by atoms with Crippen molar-refractivity contribution in [1.29, 1.82) is 0 Å². The Hall–Kier alpha value is -2.51. The summed E-state index contributed by atoms with van der Waals surface area (Å²) in [6.45, 7) is 0.187. The number of amides is 1. The van der Waals surface area contributed by atoms with Gasteiger partial charge in [0.2, 0.25) is 10.0 Å². The monoisotopic (exact) mass is 316 g/mol. The predicted molar refractivity (Wildman–Crippen MR) is 79.8 cm³/mol. The van der Waals surface area contributed by atoms with Gasteiger partial charge >= 0.3 is 0 Å². The summed E-state index contributed by atoms with van der Waals surface area (Å²) in [5.74, 6) is -1.12. The summed E-state index contributed by atoms with van der Waals surface area (Å²) in [6, 6.07) is 12.7. The number of carbonyl (C=O) groups is 2. The molecule has 0 aliphatic carbocycles. The van der Waals surface area contributed by atoms with Gasteiger partial charge in [-0.2, -0.15) is 0 Å². The topological polar surface area (TPSA) is 97.5 Å². The maximum Gasteiger partial charge on any atom is 0.299 e. The van der Waals surface area contributed by atoms with Crippen molar-refractivity contribution < 1.29 is 18.0 Å². The Balaban J connectivity index is 1.91. The Morgan fingerprint density at radius 3 is 2.23 bits per heavy atom. The highest BCUT2D eigenvalue weighted by atomic mass is 32.2. The van der Waals surface area contributed by atoms with E-state index >= 15 is 0 Å². The van der Waals surface area contributed by atoms with Crippen LogP contribution in [0.25, 0.3) is 0 Å². The summed E-state index contributed by atoms with van der Waals surface area (Å²) in [4.78, 5) is 25.3. The van der Waals surface area contributed by atoms with Crippen molar-refractivity contribution in [3.63, 3.8) is 0 Å². The van der Waals surface area contributed by atoms with Gasteiger partial charge in [0.25, 0.3) is 11.7 Å². The number of carbonyl (C=O) groups excluding carboxylic acids is 2. The van der Waals surface area contributed by atoms with Crippen LogP contribution in [0.2, 0.25) is 0 Å². The molecule has 0 saturated heterocycles. The third-order valence-electron chi connectivity index (χ3n) is 3.47. The third-order valence-corrected chi connectivity index (χ3v) is 4.40. The molecule has 3 rings (SSSR count). The van der Waals surface area contributed by atoms with Crippen LogP contribution >= 0.6 is 0 Å². The maximum absolute atomic E-state index is 12.1. The SMILES string of the molecule is NS(=O)(=O)c1ccc(CN2C(=O)C(=O)c3ccccc32)cc1. The lowest BCUT2D eigenvalue weighted by atomic mass is 10.1. The van der Waals surface area contributed by atoms with Gasteiger partial charge in [-0.1, -0.05) is 24.3 Å². The number of nitrogens with two attached hydrogens (primary N) is 1. The number of Topliss-reactive ketones (excluding diaryl/α,β-unsaturated/α-hetero) is 1. The summed E-state index contributed by atoms with van der Waals surface area (Å²) in [7, 11) is -3.75.